The van der Waals surface area contributed by atoms with E-state index in [9.17, 15) is 4.79 Å². The highest BCUT2D eigenvalue weighted by Crippen LogP contribution is 2.18. The third-order valence-corrected chi connectivity index (χ3v) is 3.17. The standard InChI is InChI=1S/C17H20N2O2/c1-12-6-3-4-9-16(12)19-17(20)11-21-15-8-5-7-14(10-15)13(2)18/h3-10,13H,11,18H2,1-2H3,(H,19,20). The third-order valence-electron chi connectivity index (χ3n) is 3.17. The molecule has 1 atom stereocenters. The van der Waals surface area contributed by atoms with Crippen LogP contribution in [0.5, 0.6) is 5.75 Å². The minimum atomic E-state index is -0.185. The maximum Gasteiger partial charge on any atom is 0.262 e. The molecule has 21 heavy (non-hydrogen) atoms. The Morgan fingerprint density at radius 2 is 2.00 bits per heavy atom. The molecule has 0 fully saturated rings. The zero-order chi connectivity index (χ0) is 15.2. The predicted molar refractivity (Wildman–Crippen MR) is 84.3 cm³/mol. The van der Waals surface area contributed by atoms with Crippen LogP contribution in [0.15, 0.2) is 48.5 Å². The number of rotatable bonds is 5. The number of nitrogens with one attached hydrogen (secondary N) is 1. The fourth-order valence-corrected chi connectivity index (χ4v) is 1.94. The summed E-state index contributed by atoms with van der Waals surface area (Å²) in [5.41, 5.74) is 8.62. The van der Waals surface area contributed by atoms with Gasteiger partial charge in [-0.3, -0.25) is 4.79 Å². The molecule has 0 saturated heterocycles. The summed E-state index contributed by atoms with van der Waals surface area (Å²) in [6, 6.07) is 15.0. The highest BCUT2D eigenvalue weighted by atomic mass is 16.5. The van der Waals surface area contributed by atoms with Gasteiger partial charge in [-0.15, -0.1) is 0 Å². The second-order valence-electron chi connectivity index (χ2n) is 5.01. The zero-order valence-corrected chi connectivity index (χ0v) is 12.3. The molecule has 3 N–H and O–H groups in total. The van der Waals surface area contributed by atoms with Crippen molar-refractivity contribution >= 4 is 11.6 Å². The second kappa shape index (κ2) is 6.90. The van der Waals surface area contributed by atoms with E-state index in [0.717, 1.165) is 16.8 Å². The maximum absolute atomic E-state index is 11.9. The molecule has 4 heteroatoms. The summed E-state index contributed by atoms with van der Waals surface area (Å²) >= 11 is 0. The van der Waals surface area contributed by atoms with Crippen LogP contribution in [0.2, 0.25) is 0 Å². The number of hydrogen-bond donors (Lipinski definition) is 2. The molecule has 0 bridgehead atoms. The Kier molecular flexibility index (Phi) is 4.95. The maximum atomic E-state index is 11.9. The van der Waals surface area contributed by atoms with E-state index >= 15 is 0 Å². The van der Waals surface area contributed by atoms with Crippen LogP contribution < -0.4 is 15.8 Å². The van der Waals surface area contributed by atoms with Gasteiger partial charge in [-0.2, -0.15) is 0 Å². The van der Waals surface area contributed by atoms with Crippen molar-refractivity contribution in [3.63, 3.8) is 0 Å². The summed E-state index contributed by atoms with van der Waals surface area (Å²) in [5.74, 6) is 0.459. The van der Waals surface area contributed by atoms with Gasteiger partial charge >= 0.3 is 0 Å². The number of hydrogen-bond acceptors (Lipinski definition) is 3. The second-order valence-corrected chi connectivity index (χ2v) is 5.01. The van der Waals surface area contributed by atoms with Crippen LogP contribution in [0.4, 0.5) is 5.69 Å². The van der Waals surface area contributed by atoms with E-state index in [0.29, 0.717) is 5.75 Å². The van der Waals surface area contributed by atoms with Crippen molar-refractivity contribution in [2.24, 2.45) is 5.73 Å². The van der Waals surface area contributed by atoms with E-state index in [4.69, 9.17) is 10.5 Å². The number of nitrogens with two attached hydrogens (primary N) is 1. The minimum Gasteiger partial charge on any atom is -0.484 e. The van der Waals surface area contributed by atoms with E-state index in [1.165, 1.54) is 0 Å². The van der Waals surface area contributed by atoms with Crippen molar-refractivity contribution in [2.45, 2.75) is 19.9 Å². The van der Waals surface area contributed by atoms with Crippen LogP contribution >= 0.6 is 0 Å². The normalized spacial score (nSPS) is 11.8. The molecule has 110 valence electrons. The number of amides is 1. The Morgan fingerprint density at radius 3 is 2.71 bits per heavy atom. The largest absolute Gasteiger partial charge is 0.484 e. The number of aryl methyl sites for hydroxylation is 1. The first kappa shape index (κ1) is 15.1. The first-order valence-electron chi connectivity index (χ1n) is 6.90. The average molecular weight is 284 g/mol. The smallest absolute Gasteiger partial charge is 0.262 e. The lowest BCUT2D eigenvalue weighted by atomic mass is 10.1. The van der Waals surface area contributed by atoms with Crippen molar-refractivity contribution in [3.05, 3.63) is 59.7 Å². The molecule has 4 nitrogen and oxygen atoms in total. The molecule has 2 aromatic rings. The number of benzene rings is 2. The van der Waals surface area contributed by atoms with E-state index < -0.39 is 0 Å². The van der Waals surface area contributed by atoms with Gasteiger partial charge in [-0.05, 0) is 43.2 Å². The Morgan fingerprint density at radius 1 is 1.24 bits per heavy atom. The molecule has 0 aliphatic heterocycles. The summed E-state index contributed by atoms with van der Waals surface area (Å²) in [6.07, 6.45) is 0. The van der Waals surface area contributed by atoms with Gasteiger partial charge in [0.2, 0.25) is 0 Å². The number of para-hydroxylation sites is 1. The molecule has 0 aliphatic carbocycles. The zero-order valence-electron chi connectivity index (χ0n) is 12.3. The topological polar surface area (TPSA) is 64.3 Å². The molecule has 0 aliphatic rings. The molecule has 0 spiro atoms. The Balaban J connectivity index is 1.92. The van der Waals surface area contributed by atoms with Gasteiger partial charge in [0.1, 0.15) is 5.75 Å². The van der Waals surface area contributed by atoms with E-state index in [1.54, 1.807) is 0 Å². The van der Waals surface area contributed by atoms with Gasteiger partial charge in [0.05, 0.1) is 0 Å². The van der Waals surface area contributed by atoms with Crippen LogP contribution in [-0.2, 0) is 4.79 Å². The molecule has 0 aromatic heterocycles. The lowest BCUT2D eigenvalue weighted by Crippen LogP contribution is -2.20. The molecule has 0 saturated carbocycles. The Hall–Kier alpha value is -2.33. The molecular formula is C17H20N2O2. The Bertz CT molecular complexity index is 624. The molecule has 2 rings (SSSR count). The molecule has 1 amide bonds. The first-order chi connectivity index (χ1) is 10.1. The third kappa shape index (κ3) is 4.33. The summed E-state index contributed by atoms with van der Waals surface area (Å²) < 4.78 is 5.50. The van der Waals surface area contributed by atoms with Crippen LogP contribution in [0.3, 0.4) is 0 Å². The molecule has 0 heterocycles. The van der Waals surface area contributed by atoms with Gasteiger partial charge < -0.3 is 15.8 Å². The number of ether oxygens (including phenoxy) is 1. The molecular weight excluding hydrogens is 264 g/mol. The SMILES string of the molecule is Cc1ccccc1NC(=O)COc1cccc(C(C)N)c1. The van der Waals surface area contributed by atoms with Crippen molar-refractivity contribution in [1.29, 1.82) is 0 Å². The molecule has 2 aromatic carbocycles. The minimum absolute atomic E-state index is 0.0310. The van der Waals surface area contributed by atoms with Crippen LogP contribution in [-0.4, -0.2) is 12.5 Å². The van der Waals surface area contributed by atoms with Gasteiger partial charge in [-0.25, -0.2) is 0 Å². The Labute approximate surface area is 124 Å². The lowest BCUT2D eigenvalue weighted by molar-refractivity contribution is -0.118. The number of carbonyl (C=O) groups is 1. The van der Waals surface area contributed by atoms with E-state index in [1.807, 2.05) is 62.4 Å². The van der Waals surface area contributed by atoms with Crippen LogP contribution in [0.25, 0.3) is 0 Å². The first-order valence-corrected chi connectivity index (χ1v) is 6.90. The van der Waals surface area contributed by atoms with Crippen molar-refractivity contribution in [2.75, 3.05) is 11.9 Å². The molecule has 1 unspecified atom stereocenters. The summed E-state index contributed by atoms with van der Waals surface area (Å²) in [7, 11) is 0. The van der Waals surface area contributed by atoms with Gasteiger partial charge in [0.25, 0.3) is 5.91 Å². The average Bonchev–Trinajstić information content (AvgIpc) is 2.48. The highest BCUT2D eigenvalue weighted by molar-refractivity contribution is 5.92. The van der Waals surface area contributed by atoms with E-state index in [-0.39, 0.29) is 18.6 Å². The monoisotopic (exact) mass is 284 g/mol. The van der Waals surface area contributed by atoms with Gasteiger partial charge in [0.15, 0.2) is 6.61 Å². The fraction of sp³-hybridized carbons (Fsp3) is 0.235. The summed E-state index contributed by atoms with van der Waals surface area (Å²) in [6.45, 7) is 3.82. The van der Waals surface area contributed by atoms with Crippen LogP contribution in [0, 0.1) is 6.92 Å². The van der Waals surface area contributed by atoms with Crippen molar-refractivity contribution in [1.82, 2.24) is 0 Å². The quantitative estimate of drug-likeness (QED) is 0.887. The number of carbonyl (C=O) groups excluding carboxylic acids is 1. The van der Waals surface area contributed by atoms with E-state index in [2.05, 4.69) is 5.32 Å². The van der Waals surface area contributed by atoms with Gasteiger partial charge in [-0.1, -0.05) is 30.3 Å². The summed E-state index contributed by atoms with van der Waals surface area (Å²) in [4.78, 5) is 11.9. The van der Waals surface area contributed by atoms with Crippen molar-refractivity contribution < 1.29 is 9.53 Å². The van der Waals surface area contributed by atoms with Gasteiger partial charge in [0, 0.05) is 11.7 Å². The highest BCUT2D eigenvalue weighted by Gasteiger charge is 2.06. The number of anilines is 1. The fourth-order valence-electron chi connectivity index (χ4n) is 1.94. The van der Waals surface area contributed by atoms with Crippen LogP contribution in [0.1, 0.15) is 24.1 Å². The molecule has 0 radical (unpaired) electrons. The summed E-state index contributed by atoms with van der Waals surface area (Å²) in [5, 5.41) is 2.83. The predicted octanol–water partition coefficient (Wildman–Crippen LogP) is 3.03. The lowest BCUT2D eigenvalue weighted by Gasteiger charge is -2.11. The van der Waals surface area contributed by atoms with Crippen molar-refractivity contribution in [3.8, 4) is 5.75 Å².